The first-order valence-corrected chi connectivity index (χ1v) is 12.0. The zero-order valence-corrected chi connectivity index (χ0v) is 19.6. The maximum absolute atomic E-state index is 13.2. The fourth-order valence-corrected chi connectivity index (χ4v) is 4.56. The number of thioether (sulfide) groups is 1. The van der Waals surface area contributed by atoms with Crippen molar-refractivity contribution in [1.29, 1.82) is 0 Å². The van der Waals surface area contributed by atoms with Gasteiger partial charge in [-0.15, -0.1) is 10.2 Å². The number of nitrogens with one attached hydrogen (secondary N) is 2. The van der Waals surface area contributed by atoms with Crippen LogP contribution in [0.1, 0.15) is 29.8 Å². The molecule has 0 bridgehead atoms. The molecule has 2 heterocycles. The van der Waals surface area contributed by atoms with Gasteiger partial charge in [-0.25, -0.2) is 4.39 Å². The van der Waals surface area contributed by atoms with E-state index in [2.05, 4.69) is 20.8 Å². The number of anilines is 2. The molecule has 3 aromatic rings. The number of hydrogen-bond acceptors (Lipinski definition) is 6. The SMILES string of the molecule is Cc1cccc(C)c1NC(=O)CSc1nnc(CNc2ccc(F)cc2)n1C[C@@H]1CCCO1. The van der Waals surface area contributed by atoms with Crippen molar-refractivity contribution in [2.75, 3.05) is 23.0 Å². The largest absolute Gasteiger partial charge is 0.378 e. The summed E-state index contributed by atoms with van der Waals surface area (Å²) < 4.78 is 21.0. The van der Waals surface area contributed by atoms with E-state index >= 15 is 0 Å². The van der Waals surface area contributed by atoms with Gasteiger partial charge in [0.25, 0.3) is 0 Å². The Kier molecular flexibility index (Phi) is 7.61. The van der Waals surface area contributed by atoms with Crippen molar-refractivity contribution in [3.8, 4) is 0 Å². The molecule has 174 valence electrons. The monoisotopic (exact) mass is 469 g/mol. The lowest BCUT2D eigenvalue weighted by Crippen LogP contribution is -2.20. The number of carbonyl (C=O) groups excluding carboxylic acids is 1. The second-order valence-corrected chi connectivity index (χ2v) is 9.05. The molecule has 0 unspecified atom stereocenters. The van der Waals surface area contributed by atoms with E-state index in [1.165, 1.54) is 23.9 Å². The Morgan fingerprint density at radius 1 is 1.18 bits per heavy atom. The number of halogens is 1. The van der Waals surface area contributed by atoms with E-state index in [0.717, 1.165) is 47.8 Å². The average Bonchev–Trinajstić information content (AvgIpc) is 3.45. The summed E-state index contributed by atoms with van der Waals surface area (Å²) >= 11 is 1.36. The molecular formula is C24H28FN5O2S. The lowest BCUT2D eigenvalue weighted by atomic mass is 10.1. The van der Waals surface area contributed by atoms with Crippen LogP contribution in [0.25, 0.3) is 0 Å². The molecule has 2 N–H and O–H groups in total. The molecule has 1 aliphatic heterocycles. The smallest absolute Gasteiger partial charge is 0.234 e. The molecular weight excluding hydrogens is 441 g/mol. The molecule has 1 amide bonds. The fraction of sp³-hybridized carbons (Fsp3) is 0.375. The number of hydrogen-bond donors (Lipinski definition) is 2. The second kappa shape index (κ2) is 10.8. The quantitative estimate of drug-likeness (QED) is 0.448. The Morgan fingerprint density at radius 2 is 1.94 bits per heavy atom. The topological polar surface area (TPSA) is 81.1 Å². The molecule has 4 rings (SSSR count). The Labute approximate surface area is 197 Å². The number of amides is 1. The summed E-state index contributed by atoms with van der Waals surface area (Å²) in [5.41, 5.74) is 3.71. The minimum atomic E-state index is -0.278. The molecule has 7 nitrogen and oxygen atoms in total. The fourth-order valence-electron chi connectivity index (χ4n) is 3.80. The third-order valence-corrected chi connectivity index (χ3v) is 6.54. The van der Waals surface area contributed by atoms with Crippen molar-refractivity contribution >= 4 is 29.0 Å². The zero-order valence-electron chi connectivity index (χ0n) is 18.8. The molecule has 33 heavy (non-hydrogen) atoms. The lowest BCUT2D eigenvalue weighted by Gasteiger charge is -2.15. The van der Waals surface area contributed by atoms with Gasteiger partial charge in [0, 0.05) is 18.0 Å². The number of para-hydroxylation sites is 1. The molecule has 0 spiro atoms. The lowest BCUT2D eigenvalue weighted by molar-refractivity contribution is -0.113. The zero-order chi connectivity index (χ0) is 23.2. The molecule has 1 atom stereocenters. The standard InChI is InChI=1S/C24H28FN5O2S/c1-16-5-3-6-17(2)23(16)27-22(31)15-33-24-29-28-21(30(24)14-20-7-4-12-32-20)13-26-19-10-8-18(25)9-11-19/h3,5-6,8-11,20,26H,4,7,12-15H2,1-2H3,(H,27,31)/t20-/m0/s1. The van der Waals surface area contributed by atoms with Crippen LogP contribution in [0.15, 0.2) is 47.6 Å². The first kappa shape index (κ1) is 23.3. The first-order chi connectivity index (χ1) is 16.0. The average molecular weight is 470 g/mol. The van der Waals surface area contributed by atoms with E-state index in [0.29, 0.717) is 18.2 Å². The minimum Gasteiger partial charge on any atom is -0.378 e. The Balaban J connectivity index is 1.43. The van der Waals surface area contributed by atoms with Gasteiger partial charge in [-0.3, -0.25) is 4.79 Å². The van der Waals surface area contributed by atoms with Crippen molar-refractivity contribution in [2.24, 2.45) is 0 Å². The van der Waals surface area contributed by atoms with Crippen LogP contribution < -0.4 is 10.6 Å². The van der Waals surface area contributed by atoms with Crippen LogP contribution in [-0.4, -0.2) is 39.1 Å². The summed E-state index contributed by atoms with van der Waals surface area (Å²) in [6.07, 6.45) is 2.13. The van der Waals surface area contributed by atoms with Gasteiger partial charge in [0.05, 0.1) is 24.9 Å². The van der Waals surface area contributed by atoms with Crippen LogP contribution in [0.5, 0.6) is 0 Å². The summed E-state index contributed by atoms with van der Waals surface area (Å²) in [4.78, 5) is 12.6. The number of carbonyl (C=O) groups is 1. The maximum Gasteiger partial charge on any atom is 0.234 e. The van der Waals surface area contributed by atoms with Gasteiger partial charge in [-0.1, -0.05) is 30.0 Å². The molecule has 0 aliphatic carbocycles. The Morgan fingerprint density at radius 3 is 2.64 bits per heavy atom. The van der Waals surface area contributed by atoms with Gasteiger partial charge >= 0.3 is 0 Å². The summed E-state index contributed by atoms with van der Waals surface area (Å²) in [6, 6.07) is 12.1. The third kappa shape index (κ3) is 6.11. The van der Waals surface area contributed by atoms with Crippen molar-refractivity contribution in [1.82, 2.24) is 14.8 Å². The Hall–Kier alpha value is -2.91. The highest BCUT2D eigenvalue weighted by molar-refractivity contribution is 7.99. The van der Waals surface area contributed by atoms with Gasteiger partial charge in [-0.05, 0) is 62.1 Å². The van der Waals surface area contributed by atoms with E-state index < -0.39 is 0 Å². The molecule has 1 aliphatic rings. The number of benzene rings is 2. The van der Waals surface area contributed by atoms with Gasteiger partial charge in [0.1, 0.15) is 5.82 Å². The van der Waals surface area contributed by atoms with E-state index in [-0.39, 0.29) is 23.6 Å². The van der Waals surface area contributed by atoms with E-state index in [9.17, 15) is 9.18 Å². The normalized spacial score (nSPS) is 15.5. The predicted molar refractivity (Wildman–Crippen MR) is 128 cm³/mol. The van der Waals surface area contributed by atoms with Crippen LogP contribution in [0.3, 0.4) is 0 Å². The number of nitrogens with zero attached hydrogens (tertiary/aromatic N) is 3. The molecule has 1 saturated heterocycles. The minimum absolute atomic E-state index is 0.0879. The van der Waals surface area contributed by atoms with Gasteiger partial charge < -0.3 is 19.9 Å². The molecule has 2 aromatic carbocycles. The van der Waals surface area contributed by atoms with Crippen molar-refractivity contribution in [3.63, 3.8) is 0 Å². The number of rotatable bonds is 9. The maximum atomic E-state index is 13.2. The van der Waals surface area contributed by atoms with Crippen LogP contribution in [0.2, 0.25) is 0 Å². The van der Waals surface area contributed by atoms with Crippen LogP contribution in [-0.2, 0) is 22.6 Å². The van der Waals surface area contributed by atoms with Crippen molar-refractivity contribution in [2.45, 2.75) is 51.0 Å². The highest BCUT2D eigenvalue weighted by Gasteiger charge is 2.21. The van der Waals surface area contributed by atoms with Crippen LogP contribution >= 0.6 is 11.8 Å². The molecule has 0 radical (unpaired) electrons. The number of ether oxygens (including phenoxy) is 1. The predicted octanol–water partition coefficient (Wildman–Crippen LogP) is 4.56. The number of aryl methyl sites for hydroxylation is 2. The van der Waals surface area contributed by atoms with E-state index in [1.807, 2.05) is 36.6 Å². The van der Waals surface area contributed by atoms with Crippen LogP contribution in [0.4, 0.5) is 15.8 Å². The van der Waals surface area contributed by atoms with E-state index in [1.54, 1.807) is 12.1 Å². The summed E-state index contributed by atoms with van der Waals surface area (Å²) in [6.45, 7) is 5.79. The number of aromatic nitrogens is 3. The van der Waals surface area contributed by atoms with Gasteiger partial charge in [0.2, 0.25) is 5.91 Å². The Bertz CT molecular complexity index is 1080. The van der Waals surface area contributed by atoms with Gasteiger partial charge in [-0.2, -0.15) is 0 Å². The highest BCUT2D eigenvalue weighted by atomic mass is 32.2. The van der Waals surface area contributed by atoms with Crippen LogP contribution in [0, 0.1) is 19.7 Å². The van der Waals surface area contributed by atoms with Gasteiger partial charge in [0.15, 0.2) is 11.0 Å². The molecule has 9 heteroatoms. The summed E-state index contributed by atoms with van der Waals surface area (Å²) in [5, 5.41) is 15.6. The highest BCUT2D eigenvalue weighted by Crippen LogP contribution is 2.24. The van der Waals surface area contributed by atoms with Crippen molar-refractivity contribution in [3.05, 3.63) is 65.2 Å². The summed E-state index contributed by atoms with van der Waals surface area (Å²) in [5.74, 6) is 0.602. The first-order valence-electron chi connectivity index (χ1n) is 11.0. The third-order valence-electron chi connectivity index (χ3n) is 5.58. The summed E-state index contributed by atoms with van der Waals surface area (Å²) in [7, 11) is 0. The molecule has 0 saturated carbocycles. The second-order valence-electron chi connectivity index (χ2n) is 8.11. The molecule has 1 fully saturated rings. The van der Waals surface area contributed by atoms with Crippen molar-refractivity contribution < 1.29 is 13.9 Å². The molecule has 1 aromatic heterocycles. The van der Waals surface area contributed by atoms with E-state index in [4.69, 9.17) is 4.74 Å².